The highest BCUT2D eigenvalue weighted by atomic mass is 79.9. The number of carboxylic acid groups (broad SMARTS) is 1. The van der Waals surface area contributed by atoms with Gasteiger partial charge in [-0.05, 0) is 34.1 Å². The predicted molar refractivity (Wildman–Crippen MR) is 84.7 cm³/mol. The molecular formula is C14H6BrClFNO2S. The summed E-state index contributed by atoms with van der Waals surface area (Å²) in [6.45, 7) is 0. The van der Waals surface area contributed by atoms with Crippen LogP contribution in [0.5, 0.6) is 0 Å². The van der Waals surface area contributed by atoms with Gasteiger partial charge in [0.15, 0.2) is 0 Å². The van der Waals surface area contributed by atoms with Crippen molar-refractivity contribution < 1.29 is 14.3 Å². The topological polar surface area (TPSA) is 50.2 Å². The number of hydrogen-bond acceptors (Lipinski definition) is 3. The maximum absolute atomic E-state index is 13.7. The van der Waals surface area contributed by atoms with E-state index < -0.39 is 11.8 Å². The van der Waals surface area contributed by atoms with Crippen molar-refractivity contribution in [3.05, 3.63) is 49.8 Å². The van der Waals surface area contributed by atoms with E-state index in [2.05, 4.69) is 20.9 Å². The number of aromatic carboxylic acids is 1. The molecule has 0 aliphatic rings. The van der Waals surface area contributed by atoms with Gasteiger partial charge in [-0.1, -0.05) is 11.6 Å². The molecule has 0 aliphatic carbocycles. The van der Waals surface area contributed by atoms with Crippen molar-refractivity contribution in [1.82, 2.24) is 4.98 Å². The van der Waals surface area contributed by atoms with Crippen LogP contribution in [0.15, 0.2) is 34.1 Å². The summed E-state index contributed by atoms with van der Waals surface area (Å²) in [5.41, 5.74) is 1.51. The number of thiophene rings is 1. The van der Waals surface area contributed by atoms with Gasteiger partial charge in [0.05, 0.1) is 25.6 Å². The summed E-state index contributed by atoms with van der Waals surface area (Å²) in [5, 5.41) is 11.5. The van der Waals surface area contributed by atoms with Crippen molar-refractivity contribution in [2.75, 3.05) is 0 Å². The molecular weight excluding hydrogens is 381 g/mol. The standard InChI is InChI=1S/C14H6BrClFNO2S/c15-9-2-7-8(14(19)20)3-11(6-1-13(16)21-5-6)18-12(7)4-10(9)17/h1-5H,(H,19,20). The van der Waals surface area contributed by atoms with Gasteiger partial charge in [0, 0.05) is 22.4 Å². The van der Waals surface area contributed by atoms with Gasteiger partial charge in [-0.3, -0.25) is 0 Å². The van der Waals surface area contributed by atoms with Crippen molar-refractivity contribution in [3.63, 3.8) is 0 Å². The molecule has 3 aromatic rings. The highest BCUT2D eigenvalue weighted by Crippen LogP contribution is 2.32. The molecule has 3 rings (SSSR count). The number of rotatable bonds is 2. The molecule has 0 bridgehead atoms. The average Bonchev–Trinajstić information content (AvgIpc) is 2.85. The van der Waals surface area contributed by atoms with E-state index >= 15 is 0 Å². The smallest absolute Gasteiger partial charge is 0.336 e. The first kappa shape index (κ1) is 14.4. The Labute approximate surface area is 136 Å². The largest absolute Gasteiger partial charge is 0.478 e. The molecule has 3 nitrogen and oxygen atoms in total. The fourth-order valence-corrected chi connectivity index (χ4v) is 3.21. The van der Waals surface area contributed by atoms with Crippen LogP contribution in [-0.2, 0) is 0 Å². The first-order valence-corrected chi connectivity index (χ1v) is 7.78. The Morgan fingerprint density at radius 1 is 1.33 bits per heavy atom. The van der Waals surface area contributed by atoms with E-state index in [1.165, 1.54) is 29.5 Å². The Morgan fingerprint density at radius 3 is 2.71 bits per heavy atom. The molecule has 106 valence electrons. The number of nitrogens with zero attached hydrogens (tertiary/aromatic N) is 1. The minimum atomic E-state index is -1.09. The van der Waals surface area contributed by atoms with Gasteiger partial charge in [0.2, 0.25) is 0 Å². The second-order valence-electron chi connectivity index (χ2n) is 4.28. The fourth-order valence-electron chi connectivity index (χ4n) is 1.99. The highest BCUT2D eigenvalue weighted by molar-refractivity contribution is 9.10. The zero-order valence-electron chi connectivity index (χ0n) is 10.2. The Bertz CT molecular complexity index is 881. The lowest BCUT2D eigenvalue weighted by Crippen LogP contribution is -2.00. The molecule has 0 radical (unpaired) electrons. The molecule has 0 saturated heterocycles. The predicted octanol–water partition coefficient (Wildman–Crippen LogP) is 5.22. The quantitative estimate of drug-likeness (QED) is 0.657. The van der Waals surface area contributed by atoms with E-state index in [-0.39, 0.29) is 15.6 Å². The SMILES string of the molecule is O=C(O)c1cc(-c2csc(Cl)c2)nc2cc(F)c(Br)cc12. The molecule has 0 saturated carbocycles. The molecule has 0 spiro atoms. The summed E-state index contributed by atoms with van der Waals surface area (Å²) in [4.78, 5) is 15.8. The summed E-state index contributed by atoms with van der Waals surface area (Å²) in [6, 6.07) is 5.80. The summed E-state index contributed by atoms with van der Waals surface area (Å²) in [6.07, 6.45) is 0. The van der Waals surface area contributed by atoms with Gasteiger partial charge >= 0.3 is 5.97 Å². The Morgan fingerprint density at radius 2 is 2.10 bits per heavy atom. The molecule has 0 fully saturated rings. The van der Waals surface area contributed by atoms with E-state index in [4.69, 9.17) is 11.6 Å². The van der Waals surface area contributed by atoms with Gasteiger partial charge in [-0.2, -0.15) is 0 Å². The highest BCUT2D eigenvalue weighted by Gasteiger charge is 2.15. The minimum absolute atomic E-state index is 0.0676. The number of carboxylic acids is 1. The summed E-state index contributed by atoms with van der Waals surface area (Å²) in [5.74, 6) is -1.59. The molecule has 0 amide bonds. The fraction of sp³-hybridized carbons (Fsp3) is 0. The van der Waals surface area contributed by atoms with E-state index in [1.807, 2.05) is 0 Å². The number of halogens is 3. The Balaban J connectivity index is 2.34. The van der Waals surface area contributed by atoms with Crippen LogP contribution in [0, 0.1) is 5.82 Å². The lowest BCUT2D eigenvalue weighted by molar-refractivity contribution is 0.0699. The van der Waals surface area contributed by atoms with Crippen LogP contribution >= 0.6 is 38.9 Å². The van der Waals surface area contributed by atoms with Gasteiger partial charge in [0.1, 0.15) is 5.82 Å². The number of carbonyl (C=O) groups is 1. The lowest BCUT2D eigenvalue weighted by Gasteiger charge is -2.07. The first-order chi connectivity index (χ1) is 9.95. The number of fused-ring (bicyclic) bond motifs is 1. The Kier molecular flexibility index (Phi) is 3.69. The zero-order chi connectivity index (χ0) is 15.1. The van der Waals surface area contributed by atoms with Crippen molar-refractivity contribution in [1.29, 1.82) is 0 Å². The van der Waals surface area contributed by atoms with Gasteiger partial charge in [-0.25, -0.2) is 14.2 Å². The van der Waals surface area contributed by atoms with Gasteiger partial charge in [-0.15, -0.1) is 11.3 Å². The van der Waals surface area contributed by atoms with Gasteiger partial charge < -0.3 is 5.11 Å². The van der Waals surface area contributed by atoms with E-state index in [0.29, 0.717) is 21.0 Å². The van der Waals surface area contributed by atoms with Crippen LogP contribution in [-0.4, -0.2) is 16.1 Å². The Hall–Kier alpha value is -1.50. The van der Waals surface area contributed by atoms with Crippen LogP contribution in [0.25, 0.3) is 22.2 Å². The van der Waals surface area contributed by atoms with E-state index in [0.717, 1.165) is 0 Å². The second kappa shape index (κ2) is 5.36. The van der Waals surface area contributed by atoms with Crippen LogP contribution in [0.3, 0.4) is 0 Å². The molecule has 1 aromatic carbocycles. The van der Waals surface area contributed by atoms with Crippen molar-refractivity contribution in [3.8, 4) is 11.3 Å². The lowest BCUT2D eigenvalue weighted by atomic mass is 10.1. The minimum Gasteiger partial charge on any atom is -0.478 e. The van der Waals surface area contributed by atoms with Crippen LogP contribution in [0.1, 0.15) is 10.4 Å². The van der Waals surface area contributed by atoms with Crippen molar-refractivity contribution in [2.45, 2.75) is 0 Å². The monoisotopic (exact) mass is 385 g/mol. The summed E-state index contributed by atoms with van der Waals surface area (Å²) >= 11 is 10.3. The molecule has 7 heteroatoms. The average molecular weight is 387 g/mol. The molecule has 0 aliphatic heterocycles. The second-order valence-corrected chi connectivity index (χ2v) is 6.68. The molecule has 2 heterocycles. The zero-order valence-corrected chi connectivity index (χ0v) is 13.4. The van der Waals surface area contributed by atoms with Crippen LogP contribution in [0.2, 0.25) is 4.34 Å². The van der Waals surface area contributed by atoms with E-state index in [9.17, 15) is 14.3 Å². The number of pyridine rings is 1. The molecule has 1 N–H and O–H groups in total. The summed E-state index contributed by atoms with van der Waals surface area (Å²) < 4.78 is 14.4. The number of aromatic nitrogens is 1. The summed E-state index contributed by atoms with van der Waals surface area (Å²) in [7, 11) is 0. The maximum atomic E-state index is 13.7. The maximum Gasteiger partial charge on any atom is 0.336 e. The van der Waals surface area contributed by atoms with Crippen LogP contribution < -0.4 is 0 Å². The van der Waals surface area contributed by atoms with E-state index in [1.54, 1.807) is 11.4 Å². The number of benzene rings is 1. The van der Waals surface area contributed by atoms with Crippen LogP contribution in [0.4, 0.5) is 4.39 Å². The molecule has 0 unspecified atom stereocenters. The molecule has 0 atom stereocenters. The van der Waals surface area contributed by atoms with Gasteiger partial charge in [0.25, 0.3) is 0 Å². The number of hydrogen-bond donors (Lipinski definition) is 1. The molecule has 21 heavy (non-hydrogen) atoms. The van der Waals surface area contributed by atoms with Crippen molar-refractivity contribution >= 4 is 55.7 Å². The molecule has 2 aromatic heterocycles. The normalized spacial score (nSPS) is 11.0. The third kappa shape index (κ3) is 2.66. The third-order valence-corrected chi connectivity index (χ3v) is 4.64. The third-order valence-electron chi connectivity index (χ3n) is 2.94. The first-order valence-electron chi connectivity index (χ1n) is 5.73. The van der Waals surface area contributed by atoms with Crippen molar-refractivity contribution in [2.24, 2.45) is 0 Å².